The fourth-order valence-electron chi connectivity index (χ4n) is 3.53. The fourth-order valence-corrected chi connectivity index (χ4v) is 3.53. The van der Waals surface area contributed by atoms with Crippen molar-refractivity contribution in [3.8, 4) is 0 Å². The largest absolute Gasteiger partial charge is 0.377 e. The van der Waals surface area contributed by atoms with Gasteiger partial charge in [-0.05, 0) is 12.1 Å². The molecule has 3 rings (SSSR count). The van der Waals surface area contributed by atoms with Crippen LogP contribution in [0.1, 0.15) is 12.7 Å². The Morgan fingerprint density at radius 2 is 2.00 bits per heavy atom. The van der Waals surface area contributed by atoms with E-state index in [-0.39, 0.29) is 37.4 Å². The average Bonchev–Trinajstić information content (AvgIpc) is 3.04. The van der Waals surface area contributed by atoms with Crippen LogP contribution in [0.15, 0.2) is 24.3 Å². The smallest absolute Gasteiger partial charge is 0.244 e. The van der Waals surface area contributed by atoms with Crippen LogP contribution < -0.4 is 5.32 Å². The van der Waals surface area contributed by atoms with Crippen molar-refractivity contribution in [3.05, 3.63) is 30.1 Å². The van der Waals surface area contributed by atoms with Gasteiger partial charge in [0.25, 0.3) is 0 Å². The summed E-state index contributed by atoms with van der Waals surface area (Å²) < 4.78 is 7.04. The topological polar surface area (TPSA) is 96.8 Å². The van der Waals surface area contributed by atoms with Crippen LogP contribution in [0.3, 0.4) is 0 Å². The number of benzene rings is 1. The molecule has 1 aromatic heterocycles. The number of piperazine rings is 1. The molecule has 1 saturated heterocycles. The lowest BCUT2D eigenvalue weighted by Crippen LogP contribution is -2.61. The van der Waals surface area contributed by atoms with Gasteiger partial charge in [-0.2, -0.15) is 0 Å². The molecule has 0 radical (unpaired) electrons. The Labute approximate surface area is 163 Å². The molecule has 0 saturated carbocycles. The van der Waals surface area contributed by atoms with E-state index in [1.165, 1.54) is 14.0 Å². The molecule has 0 bridgehead atoms. The first kappa shape index (κ1) is 19.8. The number of para-hydroxylation sites is 2. The van der Waals surface area contributed by atoms with E-state index in [0.717, 1.165) is 11.0 Å². The summed E-state index contributed by atoms with van der Waals surface area (Å²) >= 11 is 0. The Morgan fingerprint density at radius 3 is 2.68 bits per heavy atom. The van der Waals surface area contributed by atoms with Crippen molar-refractivity contribution in [1.82, 2.24) is 24.7 Å². The maximum absolute atomic E-state index is 13.1. The molecule has 3 amide bonds. The number of carbonyl (C=O) groups is 3. The lowest BCUT2D eigenvalue weighted by Gasteiger charge is -2.40. The number of hydrogen-bond donors (Lipinski definition) is 1. The van der Waals surface area contributed by atoms with E-state index < -0.39 is 6.04 Å². The van der Waals surface area contributed by atoms with Crippen LogP contribution in [0.4, 0.5) is 0 Å². The monoisotopic (exact) mass is 387 g/mol. The molecule has 1 aliphatic heterocycles. The lowest BCUT2D eigenvalue weighted by molar-refractivity contribution is -0.148. The van der Waals surface area contributed by atoms with Crippen molar-refractivity contribution in [2.75, 3.05) is 33.8 Å². The van der Waals surface area contributed by atoms with Crippen LogP contribution in [0.2, 0.25) is 0 Å². The Hall–Kier alpha value is -2.94. The van der Waals surface area contributed by atoms with E-state index in [0.29, 0.717) is 18.9 Å². The molecule has 9 nitrogen and oxygen atoms in total. The second kappa shape index (κ2) is 8.39. The molecular weight excluding hydrogens is 362 g/mol. The van der Waals surface area contributed by atoms with Crippen LogP contribution >= 0.6 is 0 Å². The van der Waals surface area contributed by atoms with Gasteiger partial charge in [-0.3, -0.25) is 14.4 Å². The van der Waals surface area contributed by atoms with Gasteiger partial charge in [0.05, 0.1) is 17.6 Å². The van der Waals surface area contributed by atoms with Gasteiger partial charge in [-0.1, -0.05) is 12.1 Å². The third-order valence-electron chi connectivity index (χ3n) is 5.00. The number of ether oxygens (including phenoxy) is 1. The number of hydrogen-bond acceptors (Lipinski definition) is 5. The van der Waals surface area contributed by atoms with Gasteiger partial charge in [-0.15, -0.1) is 0 Å². The highest BCUT2D eigenvalue weighted by molar-refractivity contribution is 5.89. The number of aromatic nitrogens is 2. The number of nitrogens with one attached hydrogen (secondary N) is 1. The van der Waals surface area contributed by atoms with Gasteiger partial charge in [0, 0.05) is 34.2 Å². The molecule has 0 spiro atoms. The van der Waals surface area contributed by atoms with Crippen molar-refractivity contribution >= 4 is 28.8 Å². The van der Waals surface area contributed by atoms with E-state index in [1.54, 1.807) is 16.9 Å². The molecule has 0 aliphatic carbocycles. The minimum Gasteiger partial charge on any atom is -0.377 e. The molecule has 1 aliphatic rings. The van der Waals surface area contributed by atoms with Crippen molar-refractivity contribution < 1.29 is 19.1 Å². The Kier molecular flexibility index (Phi) is 5.93. The molecule has 1 fully saturated rings. The maximum atomic E-state index is 13.1. The van der Waals surface area contributed by atoms with Crippen molar-refractivity contribution in [2.45, 2.75) is 26.1 Å². The average molecular weight is 387 g/mol. The number of rotatable bonds is 5. The standard InChI is InChI=1S/C19H25N5O4/c1-13(25)22-8-9-23(16(10-22)19(27)20-2)18(26)11-24-15-7-5-4-6-14(15)21-17(24)12-28-3/h4-7,16H,8-12H2,1-3H3,(H,20,27). The number of amides is 3. The zero-order valence-electron chi connectivity index (χ0n) is 16.3. The minimum atomic E-state index is -0.712. The first-order valence-corrected chi connectivity index (χ1v) is 9.16. The summed E-state index contributed by atoms with van der Waals surface area (Å²) in [5.74, 6) is 0.0594. The van der Waals surface area contributed by atoms with Crippen molar-refractivity contribution in [2.24, 2.45) is 0 Å². The first-order valence-electron chi connectivity index (χ1n) is 9.16. The Balaban J connectivity index is 1.87. The zero-order valence-corrected chi connectivity index (χ0v) is 16.3. The second-order valence-corrected chi connectivity index (χ2v) is 6.72. The SMILES string of the molecule is CNC(=O)C1CN(C(C)=O)CCN1C(=O)Cn1c(COC)nc2ccccc21. The highest BCUT2D eigenvalue weighted by Gasteiger charge is 2.36. The molecule has 1 unspecified atom stereocenters. The highest BCUT2D eigenvalue weighted by Crippen LogP contribution is 2.18. The predicted molar refractivity (Wildman–Crippen MR) is 102 cm³/mol. The molecule has 1 N–H and O–H groups in total. The van der Waals surface area contributed by atoms with Gasteiger partial charge < -0.3 is 24.4 Å². The minimum absolute atomic E-state index is 0.0484. The third kappa shape index (κ3) is 3.84. The summed E-state index contributed by atoms with van der Waals surface area (Å²) in [6.07, 6.45) is 0. The van der Waals surface area contributed by atoms with E-state index in [9.17, 15) is 14.4 Å². The molecule has 1 aromatic carbocycles. The van der Waals surface area contributed by atoms with Gasteiger partial charge in [0.1, 0.15) is 25.0 Å². The number of likely N-dealkylation sites (N-methyl/N-ethyl adjacent to an activating group) is 1. The maximum Gasteiger partial charge on any atom is 0.244 e. The number of imidazole rings is 1. The van der Waals surface area contributed by atoms with E-state index in [1.807, 2.05) is 28.8 Å². The summed E-state index contributed by atoms with van der Waals surface area (Å²) in [7, 11) is 3.10. The normalized spacial score (nSPS) is 17.0. The zero-order chi connectivity index (χ0) is 20.3. The molecule has 1 atom stereocenters. The van der Waals surface area contributed by atoms with Crippen LogP contribution in [0.25, 0.3) is 11.0 Å². The lowest BCUT2D eigenvalue weighted by atomic mass is 10.1. The van der Waals surface area contributed by atoms with Gasteiger partial charge >= 0.3 is 0 Å². The van der Waals surface area contributed by atoms with Crippen LogP contribution in [-0.4, -0.2) is 76.9 Å². The van der Waals surface area contributed by atoms with Crippen LogP contribution in [0.5, 0.6) is 0 Å². The fraction of sp³-hybridized carbons (Fsp3) is 0.474. The molecule has 150 valence electrons. The molecule has 2 heterocycles. The Bertz CT molecular complexity index is 894. The Morgan fingerprint density at radius 1 is 1.25 bits per heavy atom. The molecule has 28 heavy (non-hydrogen) atoms. The molecule has 2 aromatic rings. The quantitative estimate of drug-likeness (QED) is 0.778. The summed E-state index contributed by atoms with van der Waals surface area (Å²) in [6.45, 7) is 2.70. The second-order valence-electron chi connectivity index (χ2n) is 6.72. The van der Waals surface area contributed by atoms with E-state index in [4.69, 9.17) is 4.74 Å². The van der Waals surface area contributed by atoms with Crippen LogP contribution in [0, 0.1) is 0 Å². The van der Waals surface area contributed by atoms with Crippen molar-refractivity contribution in [1.29, 1.82) is 0 Å². The third-order valence-corrected chi connectivity index (χ3v) is 5.00. The summed E-state index contributed by atoms with van der Waals surface area (Å²) in [4.78, 5) is 44.9. The molecule has 9 heteroatoms. The summed E-state index contributed by atoms with van der Waals surface area (Å²) in [5, 5.41) is 2.59. The van der Waals surface area contributed by atoms with E-state index >= 15 is 0 Å². The predicted octanol–water partition coefficient (Wildman–Crippen LogP) is -0.0120. The first-order chi connectivity index (χ1) is 13.5. The van der Waals surface area contributed by atoms with Crippen molar-refractivity contribution in [3.63, 3.8) is 0 Å². The summed E-state index contributed by atoms with van der Waals surface area (Å²) in [6, 6.07) is 6.85. The number of fused-ring (bicyclic) bond motifs is 1. The summed E-state index contributed by atoms with van der Waals surface area (Å²) in [5.41, 5.74) is 1.62. The highest BCUT2D eigenvalue weighted by atomic mass is 16.5. The van der Waals surface area contributed by atoms with Gasteiger partial charge in [-0.25, -0.2) is 4.98 Å². The van der Waals surface area contributed by atoms with Gasteiger partial charge in [0.15, 0.2) is 0 Å². The van der Waals surface area contributed by atoms with E-state index in [2.05, 4.69) is 10.3 Å². The number of nitrogens with zero attached hydrogens (tertiary/aromatic N) is 4. The number of methoxy groups -OCH3 is 1. The molecular formula is C19H25N5O4. The van der Waals surface area contributed by atoms with Gasteiger partial charge in [0.2, 0.25) is 17.7 Å². The number of carbonyl (C=O) groups excluding carboxylic acids is 3. The van der Waals surface area contributed by atoms with Crippen LogP contribution in [-0.2, 0) is 32.3 Å².